The first-order valence-electron chi connectivity index (χ1n) is 5.44. The van der Waals surface area contributed by atoms with Gasteiger partial charge in [-0.25, -0.2) is 4.79 Å². The van der Waals surface area contributed by atoms with Gasteiger partial charge in [-0.15, -0.1) is 16.5 Å². The molecule has 0 saturated carbocycles. The number of halogens is 1. The van der Waals surface area contributed by atoms with Gasteiger partial charge in [0.1, 0.15) is 6.04 Å². The van der Waals surface area contributed by atoms with Crippen LogP contribution in [-0.4, -0.2) is 42.0 Å². The number of carbonyl (C=O) groups is 2. The average molecular weight is 263 g/mol. The molecule has 2 N–H and O–H groups in total. The van der Waals surface area contributed by atoms with Crippen molar-refractivity contribution < 1.29 is 9.59 Å². The smallest absolute Gasteiger partial charge is 0.341 e. The topological polar surface area (TPSA) is 90.9 Å². The lowest BCUT2D eigenvalue weighted by atomic mass is 10.1. The fraction of sp³-hybridized carbons (Fsp3) is 0.778. The van der Waals surface area contributed by atoms with Crippen LogP contribution < -0.4 is 10.6 Å². The van der Waals surface area contributed by atoms with Crippen molar-refractivity contribution in [2.24, 2.45) is 5.29 Å². The van der Waals surface area contributed by atoms with Gasteiger partial charge in [0.25, 0.3) is 0 Å². The van der Waals surface area contributed by atoms with Crippen LogP contribution in [0.3, 0.4) is 0 Å². The first kappa shape index (κ1) is 13.7. The summed E-state index contributed by atoms with van der Waals surface area (Å²) >= 11 is 5.42. The predicted molar refractivity (Wildman–Crippen MR) is 62.4 cm³/mol. The Balaban J connectivity index is 2.53. The highest BCUT2D eigenvalue weighted by molar-refractivity contribution is 6.18. The zero-order chi connectivity index (χ0) is 12.7. The van der Waals surface area contributed by atoms with Gasteiger partial charge in [-0.05, 0) is 19.3 Å². The van der Waals surface area contributed by atoms with E-state index in [4.69, 9.17) is 11.6 Å². The molecule has 0 aromatic rings. The molecular weight excluding hydrogens is 248 g/mol. The molecule has 1 aliphatic rings. The Bertz CT molecular complexity index is 300. The lowest BCUT2D eigenvalue weighted by Gasteiger charge is -2.18. The summed E-state index contributed by atoms with van der Waals surface area (Å²) in [5.41, 5.74) is 0. The summed E-state index contributed by atoms with van der Waals surface area (Å²) in [7, 11) is 0. The average Bonchev–Trinajstić information content (AvgIpc) is 2.52. The molecule has 3 amide bonds. The Hall–Kier alpha value is -1.37. The van der Waals surface area contributed by atoms with Crippen molar-refractivity contribution >= 4 is 23.5 Å². The normalized spacial score (nSPS) is 20.1. The predicted octanol–water partition coefficient (Wildman–Crippen LogP) is 0.587. The number of nitrogens with one attached hydrogen (secondary N) is 2. The molecule has 1 atom stereocenters. The molecule has 7 nitrogen and oxygen atoms in total. The van der Waals surface area contributed by atoms with Crippen LogP contribution in [0.1, 0.15) is 19.3 Å². The van der Waals surface area contributed by atoms with Gasteiger partial charge >= 0.3 is 6.03 Å². The molecule has 0 aromatic carbocycles. The second-order valence-electron chi connectivity index (χ2n) is 3.68. The minimum absolute atomic E-state index is 0.0191. The molecule has 0 aromatic heterocycles. The molecule has 0 bridgehead atoms. The van der Waals surface area contributed by atoms with Gasteiger partial charge < -0.3 is 10.6 Å². The summed E-state index contributed by atoms with van der Waals surface area (Å²) in [6, 6.07) is -1.30. The van der Waals surface area contributed by atoms with Crippen molar-refractivity contribution in [3.8, 4) is 0 Å². The fourth-order valence-corrected chi connectivity index (χ4v) is 1.72. The van der Waals surface area contributed by atoms with Crippen LogP contribution >= 0.6 is 11.6 Å². The number of carbonyl (C=O) groups excluding carboxylic acids is 2. The summed E-state index contributed by atoms with van der Waals surface area (Å²) in [6.45, 7) is 0.633. The Morgan fingerprint density at radius 2 is 2.35 bits per heavy atom. The summed E-state index contributed by atoms with van der Waals surface area (Å²) < 4.78 is 0. The molecule has 0 radical (unpaired) electrons. The van der Waals surface area contributed by atoms with Gasteiger partial charge in [0, 0.05) is 12.4 Å². The van der Waals surface area contributed by atoms with Gasteiger partial charge in [-0.3, -0.25) is 4.79 Å². The minimum Gasteiger partial charge on any atom is -0.354 e. The van der Waals surface area contributed by atoms with Crippen LogP contribution in [0.15, 0.2) is 5.29 Å². The maximum Gasteiger partial charge on any atom is 0.341 e. The van der Waals surface area contributed by atoms with Crippen LogP contribution in [0.4, 0.5) is 4.79 Å². The Morgan fingerprint density at radius 3 is 3.00 bits per heavy atom. The van der Waals surface area contributed by atoms with E-state index in [1.165, 1.54) is 0 Å². The van der Waals surface area contributed by atoms with Gasteiger partial charge in [0.05, 0.1) is 11.8 Å². The van der Waals surface area contributed by atoms with Gasteiger partial charge in [0.2, 0.25) is 5.91 Å². The molecule has 1 fully saturated rings. The highest BCUT2D eigenvalue weighted by atomic mass is 35.5. The molecule has 1 heterocycles. The number of hydrogen-bond acceptors (Lipinski definition) is 4. The van der Waals surface area contributed by atoms with Crippen molar-refractivity contribution in [2.45, 2.75) is 25.3 Å². The molecular formula is C9H15ClN4O3. The summed E-state index contributed by atoms with van der Waals surface area (Å²) in [5.74, 6) is -0.122. The van der Waals surface area contributed by atoms with E-state index in [0.717, 1.165) is 12.8 Å². The minimum atomic E-state index is -0.692. The van der Waals surface area contributed by atoms with Crippen molar-refractivity contribution in [3.05, 3.63) is 4.91 Å². The maximum absolute atomic E-state index is 11.6. The van der Waals surface area contributed by atoms with Crippen molar-refractivity contribution in [2.75, 3.05) is 19.0 Å². The molecule has 0 aliphatic carbocycles. The highest BCUT2D eigenvalue weighted by Gasteiger charge is 2.24. The number of nitroso groups, excluding NO2 is 1. The molecule has 0 unspecified atom stereocenters. The van der Waals surface area contributed by atoms with Crippen LogP contribution in [0, 0.1) is 4.91 Å². The Morgan fingerprint density at radius 1 is 1.59 bits per heavy atom. The number of amides is 3. The second-order valence-corrected chi connectivity index (χ2v) is 4.06. The van der Waals surface area contributed by atoms with Crippen LogP contribution in [-0.2, 0) is 4.79 Å². The number of hydrogen-bond donors (Lipinski definition) is 2. The largest absolute Gasteiger partial charge is 0.354 e. The second kappa shape index (κ2) is 7.05. The summed E-state index contributed by atoms with van der Waals surface area (Å²) in [4.78, 5) is 33.5. The van der Waals surface area contributed by atoms with E-state index < -0.39 is 12.1 Å². The molecule has 1 aliphatic heterocycles. The van der Waals surface area contributed by atoms with E-state index in [2.05, 4.69) is 15.9 Å². The maximum atomic E-state index is 11.6. The van der Waals surface area contributed by atoms with E-state index in [-0.39, 0.29) is 18.3 Å². The lowest BCUT2D eigenvalue weighted by molar-refractivity contribution is -0.122. The molecule has 1 rings (SSSR count). The zero-order valence-corrected chi connectivity index (χ0v) is 10.1. The standard InChI is InChI=1S/C9H15ClN4O3/c10-4-6-14(13-17)9(16)12-7-3-1-2-5-11-8(7)15/h7H,1-6H2,(H,11,15)(H,12,16)/t7-/m1/s1. The first-order valence-corrected chi connectivity index (χ1v) is 5.97. The molecule has 96 valence electrons. The van der Waals surface area contributed by atoms with E-state index in [9.17, 15) is 14.5 Å². The Labute approximate surface area is 104 Å². The third-order valence-electron chi connectivity index (χ3n) is 2.46. The lowest BCUT2D eigenvalue weighted by Crippen LogP contribution is -2.49. The van der Waals surface area contributed by atoms with Crippen molar-refractivity contribution in [1.82, 2.24) is 15.6 Å². The zero-order valence-electron chi connectivity index (χ0n) is 9.32. The quantitative estimate of drug-likeness (QED) is 0.441. The van der Waals surface area contributed by atoms with Crippen molar-refractivity contribution in [1.29, 1.82) is 0 Å². The molecule has 0 spiro atoms. The van der Waals surface area contributed by atoms with Crippen LogP contribution in [0.2, 0.25) is 0 Å². The van der Waals surface area contributed by atoms with Crippen LogP contribution in [0.5, 0.6) is 0 Å². The SMILES string of the molecule is O=NN(CCCl)C(=O)N[C@@H]1CCCCNC1=O. The van der Waals surface area contributed by atoms with E-state index in [1.54, 1.807) is 0 Å². The molecule has 1 saturated heterocycles. The summed E-state index contributed by atoms with van der Waals surface area (Å²) in [5, 5.41) is 8.37. The third-order valence-corrected chi connectivity index (χ3v) is 2.63. The number of nitrogens with zero attached hydrogens (tertiary/aromatic N) is 2. The summed E-state index contributed by atoms with van der Waals surface area (Å²) in [6.07, 6.45) is 2.29. The van der Waals surface area contributed by atoms with Gasteiger partial charge in [0.15, 0.2) is 0 Å². The molecule has 8 heteroatoms. The van der Waals surface area contributed by atoms with Crippen molar-refractivity contribution in [3.63, 3.8) is 0 Å². The number of rotatable bonds is 4. The Kier molecular flexibility index (Phi) is 5.68. The van der Waals surface area contributed by atoms with E-state index in [1.807, 2.05) is 0 Å². The van der Waals surface area contributed by atoms with Gasteiger partial charge in [-0.2, -0.15) is 5.01 Å². The van der Waals surface area contributed by atoms with Gasteiger partial charge in [-0.1, -0.05) is 0 Å². The molecule has 17 heavy (non-hydrogen) atoms. The van der Waals surface area contributed by atoms with E-state index in [0.29, 0.717) is 18.0 Å². The third kappa shape index (κ3) is 4.18. The fourth-order valence-electron chi connectivity index (χ4n) is 1.56. The van der Waals surface area contributed by atoms with E-state index >= 15 is 0 Å². The monoisotopic (exact) mass is 262 g/mol. The number of urea groups is 1. The van der Waals surface area contributed by atoms with Crippen LogP contribution in [0.25, 0.3) is 0 Å². The number of alkyl halides is 1. The highest BCUT2D eigenvalue weighted by Crippen LogP contribution is 2.06. The first-order chi connectivity index (χ1) is 8.19.